The van der Waals surface area contributed by atoms with Crippen molar-refractivity contribution in [1.82, 2.24) is 5.01 Å². The Hall–Kier alpha value is -4.54. The largest absolute Gasteiger partial charge is 0.486 e. The van der Waals surface area contributed by atoms with Gasteiger partial charge in [-0.05, 0) is 18.2 Å². The number of anilines is 1. The molecule has 2 aromatic rings. The number of Topliss-reactive ketones (excluding diaryl/α,β-unsaturated/α-hetero) is 1. The lowest BCUT2D eigenvalue weighted by Gasteiger charge is -2.30. The highest BCUT2D eigenvalue weighted by atomic mass is 16.6. The average molecular weight is 474 g/mol. The second-order valence-corrected chi connectivity index (χ2v) is 8.53. The van der Waals surface area contributed by atoms with Gasteiger partial charge < -0.3 is 9.47 Å². The molecule has 2 amide bonds. The molecule has 2 aromatic carbocycles. The Kier molecular flexibility index (Phi) is 4.66. The van der Waals surface area contributed by atoms with Crippen LogP contribution in [0.15, 0.2) is 59.7 Å². The van der Waals surface area contributed by atoms with Gasteiger partial charge in [-0.15, -0.1) is 0 Å². The van der Waals surface area contributed by atoms with Crippen LogP contribution in [-0.4, -0.2) is 59.0 Å². The molecule has 0 N–H and O–H groups in total. The van der Waals surface area contributed by atoms with Gasteiger partial charge in [0.05, 0.1) is 28.5 Å². The highest BCUT2D eigenvalue weighted by Crippen LogP contribution is 2.47. The first-order valence-electron chi connectivity index (χ1n) is 11.0. The van der Waals surface area contributed by atoms with Gasteiger partial charge in [0.1, 0.15) is 19.3 Å². The third-order valence-corrected chi connectivity index (χ3v) is 6.68. The molecule has 35 heavy (non-hydrogen) atoms. The number of ketones is 1. The number of nitro benzene ring substituents is 1. The van der Waals surface area contributed by atoms with E-state index in [2.05, 4.69) is 5.10 Å². The van der Waals surface area contributed by atoms with Crippen molar-refractivity contribution < 1.29 is 28.8 Å². The fourth-order valence-electron chi connectivity index (χ4n) is 5.21. The Morgan fingerprint density at radius 2 is 1.80 bits per heavy atom. The van der Waals surface area contributed by atoms with E-state index in [1.807, 2.05) is 0 Å². The second kappa shape index (κ2) is 7.76. The van der Waals surface area contributed by atoms with Crippen molar-refractivity contribution in [2.24, 2.45) is 16.9 Å². The van der Waals surface area contributed by atoms with E-state index >= 15 is 0 Å². The minimum atomic E-state index is -1.09. The van der Waals surface area contributed by atoms with E-state index in [0.29, 0.717) is 30.4 Å². The maximum absolute atomic E-state index is 13.7. The summed E-state index contributed by atoms with van der Waals surface area (Å²) in [6.07, 6.45) is 4.89. The van der Waals surface area contributed by atoms with E-state index in [-0.39, 0.29) is 11.3 Å². The Morgan fingerprint density at radius 1 is 1.03 bits per heavy atom. The normalized spacial score (nSPS) is 26.1. The van der Waals surface area contributed by atoms with Crippen LogP contribution in [0.4, 0.5) is 11.4 Å². The van der Waals surface area contributed by atoms with Crippen LogP contribution in [0, 0.1) is 22.0 Å². The molecule has 4 heterocycles. The number of nitro groups is 1. The number of benzene rings is 2. The molecule has 0 saturated carbocycles. The number of ether oxygens (including phenoxy) is 2. The molecule has 2 fully saturated rings. The fraction of sp³-hybridized carbons (Fsp3) is 0.250. The smallest absolute Gasteiger partial charge is 0.270 e. The van der Waals surface area contributed by atoms with Crippen molar-refractivity contribution in [3.05, 3.63) is 70.3 Å². The maximum atomic E-state index is 13.7. The van der Waals surface area contributed by atoms with Crippen molar-refractivity contribution in [2.75, 3.05) is 18.1 Å². The minimum Gasteiger partial charge on any atom is -0.486 e. The van der Waals surface area contributed by atoms with E-state index in [4.69, 9.17) is 9.47 Å². The summed E-state index contributed by atoms with van der Waals surface area (Å²) in [6.45, 7) is 0.757. The molecule has 0 radical (unpaired) electrons. The lowest BCUT2D eigenvalue weighted by atomic mass is 9.86. The van der Waals surface area contributed by atoms with Crippen LogP contribution in [0.5, 0.6) is 11.5 Å². The van der Waals surface area contributed by atoms with Crippen LogP contribution in [0.2, 0.25) is 0 Å². The molecular weight excluding hydrogens is 456 g/mol. The van der Waals surface area contributed by atoms with Crippen molar-refractivity contribution in [3.63, 3.8) is 0 Å². The molecule has 4 aliphatic heterocycles. The number of hydrogen-bond donors (Lipinski definition) is 0. The Labute approximate surface area is 198 Å². The monoisotopic (exact) mass is 474 g/mol. The molecule has 11 heteroatoms. The third kappa shape index (κ3) is 3.11. The Morgan fingerprint density at radius 3 is 2.60 bits per heavy atom. The number of non-ortho nitro benzene ring substituents is 1. The number of hydrogen-bond acceptors (Lipinski definition) is 9. The van der Waals surface area contributed by atoms with Crippen molar-refractivity contribution >= 4 is 35.2 Å². The first kappa shape index (κ1) is 21.0. The maximum Gasteiger partial charge on any atom is 0.270 e. The molecular formula is C24H18N4O7. The topological polar surface area (TPSA) is 132 Å². The summed E-state index contributed by atoms with van der Waals surface area (Å²) in [5, 5.41) is 17.0. The molecule has 0 spiro atoms. The molecule has 0 unspecified atom stereocenters. The second-order valence-electron chi connectivity index (χ2n) is 8.53. The SMILES string of the molecule is O=C(c1cccc([N+](=O)[O-])c1)[C@@H]1[C@H]2C(=O)N(c3ccc4c(c3)OCCO4)C(=O)[C@@H]2[C@H]2C=CC=NN21. The zero-order chi connectivity index (χ0) is 24.3. The Balaban J connectivity index is 1.40. The molecule has 4 atom stereocenters. The fourth-order valence-corrected chi connectivity index (χ4v) is 5.21. The van der Waals surface area contributed by atoms with Gasteiger partial charge in [0.2, 0.25) is 11.8 Å². The molecule has 176 valence electrons. The predicted molar refractivity (Wildman–Crippen MR) is 121 cm³/mol. The summed E-state index contributed by atoms with van der Waals surface area (Å²) in [4.78, 5) is 52.6. The van der Waals surface area contributed by atoms with Gasteiger partial charge in [0.15, 0.2) is 17.3 Å². The van der Waals surface area contributed by atoms with Crippen LogP contribution in [-0.2, 0) is 9.59 Å². The number of carbonyl (C=O) groups excluding carboxylic acids is 3. The van der Waals surface area contributed by atoms with Crippen LogP contribution in [0.3, 0.4) is 0 Å². The summed E-state index contributed by atoms with van der Waals surface area (Å²) in [6, 6.07) is 8.47. The number of amides is 2. The van der Waals surface area contributed by atoms with E-state index in [9.17, 15) is 24.5 Å². The van der Waals surface area contributed by atoms with Crippen molar-refractivity contribution in [3.8, 4) is 11.5 Å². The van der Waals surface area contributed by atoms with Gasteiger partial charge >= 0.3 is 0 Å². The minimum absolute atomic E-state index is 0.0754. The summed E-state index contributed by atoms with van der Waals surface area (Å²) < 4.78 is 11.1. The molecule has 0 aliphatic carbocycles. The highest BCUT2D eigenvalue weighted by Gasteiger charge is 2.64. The van der Waals surface area contributed by atoms with Crippen LogP contribution < -0.4 is 14.4 Å². The summed E-state index contributed by atoms with van der Waals surface area (Å²) in [7, 11) is 0. The predicted octanol–water partition coefficient (Wildman–Crippen LogP) is 1.96. The summed E-state index contributed by atoms with van der Waals surface area (Å²) in [5.74, 6) is -2.37. The van der Waals surface area contributed by atoms with Gasteiger partial charge in [0.25, 0.3) is 5.69 Å². The third-order valence-electron chi connectivity index (χ3n) is 6.68. The van der Waals surface area contributed by atoms with Gasteiger partial charge in [-0.3, -0.25) is 29.5 Å². The van der Waals surface area contributed by atoms with E-state index in [0.717, 1.165) is 4.90 Å². The quantitative estimate of drug-likeness (QED) is 0.284. The van der Waals surface area contributed by atoms with Crippen molar-refractivity contribution in [2.45, 2.75) is 12.1 Å². The molecule has 0 bridgehead atoms. The number of rotatable bonds is 4. The van der Waals surface area contributed by atoms with Gasteiger partial charge in [-0.2, -0.15) is 5.10 Å². The van der Waals surface area contributed by atoms with E-state index in [1.54, 1.807) is 30.4 Å². The average Bonchev–Trinajstić information content (AvgIpc) is 3.35. The molecule has 4 aliphatic rings. The lowest BCUT2D eigenvalue weighted by Crippen LogP contribution is -2.46. The molecule has 11 nitrogen and oxygen atoms in total. The zero-order valence-corrected chi connectivity index (χ0v) is 18.1. The van der Waals surface area contributed by atoms with Gasteiger partial charge in [0, 0.05) is 30.0 Å². The van der Waals surface area contributed by atoms with Crippen LogP contribution in [0.1, 0.15) is 10.4 Å². The first-order chi connectivity index (χ1) is 17.0. The summed E-state index contributed by atoms with van der Waals surface area (Å²) >= 11 is 0. The van der Waals surface area contributed by atoms with Crippen LogP contribution in [0.25, 0.3) is 0 Å². The standard InChI is InChI=1S/C24H18N4O7/c29-22(13-3-1-4-15(11-13)28(32)33)21-20-19(16-5-2-8-25-27(16)21)23(30)26(24(20)31)14-6-7-17-18(12-14)35-10-9-34-17/h1-8,11-12,16,19-21H,9-10H2/t16-,19-,20+,21+/m1/s1. The number of allylic oxidation sites excluding steroid dienone is 1. The van der Waals surface area contributed by atoms with Gasteiger partial charge in [-0.25, -0.2) is 4.90 Å². The summed E-state index contributed by atoms with van der Waals surface area (Å²) in [5.41, 5.74) is 0.164. The number of imide groups is 1. The lowest BCUT2D eigenvalue weighted by molar-refractivity contribution is -0.384. The zero-order valence-electron chi connectivity index (χ0n) is 18.1. The number of hydrazone groups is 1. The molecule has 6 rings (SSSR count). The number of carbonyl (C=O) groups is 3. The van der Waals surface area contributed by atoms with Crippen molar-refractivity contribution in [1.29, 1.82) is 0 Å². The molecule has 0 aromatic heterocycles. The molecule has 2 saturated heterocycles. The first-order valence-corrected chi connectivity index (χ1v) is 11.0. The van der Waals surface area contributed by atoms with E-state index < -0.39 is 46.4 Å². The Bertz CT molecular complexity index is 1350. The number of fused-ring (bicyclic) bond motifs is 4. The van der Waals surface area contributed by atoms with Gasteiger partial charge in [-0.1, -0.05) is 18.2 Å². The number of nitrogens with zero attached hydrogens (tertiary/aromatic N) is 4. The van der Waals surface area contributed by atoms with E-state index in [1.165, 1.54) is 35.5 Å². The van der Waals surface area contributed by atoms with Crippen LogP contribution >= 0.6 is 0 Å². The highest BCUT2D eigenvalue weighted by molar-refractivity contribution is 6.24.